The first-order valence-electron chi connectivity index (χ1n) is 25.1. The third-order valence-corrected chi connectivity index (χ3v) is 15.8. The highest BCUT2D eigenvalue weighted by atomic mass is 16.7. The van der Waals surface area contributed by atoms with E-state index >= 15 is 4.79 Å². The van der Waals surface area contributed by atoms with Crippen molar-refractivity contribution in [2.24, 2.45) is 23.7 Å². The van der Waals surface area contributed by atoms with E-state index in [0.717, 1.165) is 0 Å². The fraction of sp³-hybridized carbons (Fsp3) is 0.837. The van der Waals surface area contributed by atoms with E-state index in [1.165, 1.54) is 13.4 Å². The number of imidazole rings is 1. The van der Waals surface area contributed by atoms with E-state index < -0.39 is 108 Å². The molecule has 4 aliphatic heterocycles. The molecule has 18 atom stereocenters. The number of carbonyl (C=O) groups is 3. The molecule has 0 bridgehead atoms. The number of ketones is 1. The zero-order valence-corrected chi connectivity index (χ0v) is 43.8. The summed E-state index contributed by atoms with van der Waals surface area (Å²) in [6.07, 6.45) is -4.03. The van der Waals surface area contributed by atoms with Crippen LogP contribution in [0.25, 0.3) is 11.2 Å². The number of aliphatic hydroxyl groups excluding tert-OH is 2. The van der Waals surface area contributed by atoms with Gasteiger partial charge in [-0.05, 0) is 87.9 Å². The molecule has 1 amide bonds. The van der Waals surface area contributed by atoms with Crippen LogP contribution in [0, 0.1) is 23.7 Å². The molecular formula is C49H82N8O13. The highest BCUT2D eigenvalue weighted by Gasteiger charge is 2.61. The summed E-state index contributed by atoms with van der Waals surface area (Å²) in [5.74, 6) is -3.67. The summed E-state index contributed by atoms with van der Waals surface area (Å²) in [5, 5.41) is 26.4. The van der Waals surface area contributed by atoms with E-state index in [4.69, 9.17) is 43.6 Å². The lowest BCUT2D eigenvalue weighted by Crippen LogP contribution is -2.61. The molecule has 0 aliphatic carbocycles. The second-order valence-corrected chi connectivity index (χ2v) is 21.1. The van der Waals surface area contributed by atoms with Crippen molar-refractivity contribution in [2.45, 2.75) is 192 Å². The number of amides is 1. The number of nitrogens with one attached hydrogen (secondary N) is 1. The Morgan fingerprint density at radius 2 is 1.61 bits per heavy atom. The van der Waals surface area contributed by atoms with E-state index in [0.29, 0.717) is 49.5 Å². The number of nitrogens with zero attached hydrogens (tertiary/aromatic N) is 6. The fourth-order valence-corrected chi connectivity index (χ4v) is 11.6. The minimum absolute atomic E-state index is 0.119. The number of anilines is 1. The van der Waals surface area contributed by atoms with Gasteiger partial charge < -0.3 is 73.5 Å². The van der Waals surface area contributed by atoms with Gasteiger partial charge in [-0.1, -0.05) is 27.7 Å². The average molecular weight is 991 g/mol. The highest BCUT2D eigenvalue weighted by Crippen LogP contribution is 2.45. The van der Waals surface area contributed by atoms with Crippen molar-refractivity contribution in [3.63, 3.8) is 0 Å². The largest absolute Gasteiger partial charge is 0.458 e. The number of carbonyl (C=O) groups excluding carboxylic acids is 3. The molecular weight excluding hydrogens is 909 g/mol. The second kappa shape index (κ2) is 22.6. The molecule has 4 aliphatic rings. The molecule has 0 spiro atoms. The molecule has 5 N–H and O–H groups in total. The van der Waals surface area contributed by atoms with Gasteiger partial charge in [0.15, 0.2) is 29.6 Å². The van der Waals surface area contributed by atoms with Crippen LogP contribution >= 0.6 is 0 Å². The zero-order chi connectivity index (χ0) is 51.6. The summed E-state index contributed by atoms with van der Waals surface area (Å²) in [7, 11) is 6.85. The highest BCUT2D eigenvalue weighted by molar-refractivity contribution is 5.85. The van der Waals surface area contributed by atoms with Crippen LogP contribution in [0.3, 0.4) is 0 Å². The van der Waals surface area contributed by atoms with Crippen LogP contribution in [0.4, 0.5) is 10.6 Å². The number of nitrogen functional groups attached to an aromatic ring is 1. The van der Waals surface area contributed by atoms with E-state index in [-0.39, 0.29) is 43.7 Å². The number of hydrogen-bond donors (Lipinski definition) is 4. The van der Waals surface area contributed by atoms with E-state index in [9.17, 15) is 19.8 Å². The predicted molar refractivity (Wildman–Crippen MR) is 257 cm³/mol. The fourth-order valence-electron chi connectivity index (χ4n) is 11.6. The maximum absolute atomic E-state index is 15.1. The maximum atomic E-state index is 15.1. The molecule has 6 heterocycles. The topological polar surface area (TPSA) is 254 Å². The summed E-state index contributed by atoms with van der Waals surface area (Å²) in [6.45, 7) is 20.0. The Morgan fingerprint density at radius 3 is 2.27 bits per heavy atom. The average Bonchev–Trinajstić information content (AvgIpc) is 3.85. The number of methoxy groups -OCH3 is 2. The van der Waals surface area contributed by atoms with Gasteiger partial charge in [0.25, 0.3) is 0 Å². The Morgan fingerprint density at radius 1 is 0.914 bits per heavy atom. The number of fused-ring (bicyclic) bond motifs is 2. The van der Waals surface area contributed by atoms with Crippen molar-refractivity contribution in [1.29, 1.82) is 0 Å². The van der Waals surface area contributed by atoms with Crippen molar-refractivity contribution >= 4 is 34.8 Å². The summed E-state index contributed by atoms with van der Waals surface area (Å²) >= 11 is 0. The number of cyclic esters (lactones) is 1. The van der Waals surface area contributed by atoms with Crippen LogP contribution in [-0.4, -0.2) is 190 Å². The molecule has 0 aromatic carbocycles. The number of aliphatic hydroxyl groups is 2. The van der Waals surface area contributed by atoms with E-state index in [2.05, 4.69) is 20.3 Å². The quantitative estimate of drug-likeness (QED) is 0.148. The van der Waals surface area contributed by atoms with Gasteiger partial charge in [0, 0.05) is 64.1 Å². The van der Waals surface area contributed by atoms with Crippen LogP contribution in [0.15, 0.2) is 12.7 Å². The van der Waals surface area contributed by atoms with Gasteiger partial charge in [-0.3, -0.25) is 9.59 Å². The van der Waals surface area contributed by atoms with Crippen molar-refractivity contribution in [1.82, 2.24) is 34.6 Å². The third-order valence-electron chi connectivity index (χ3n) is 15.8. The molecule has 0 radical (unpaired) electrons. The second-order valence-electron chi connectivity index (χ2n) is 21.1. The predicted octanol–water partition coefficient (Wildman–Crippen LogP) is 3.31. The molecule has 0 saturated carbocycles. The van der Waals surface area contributed by atoms with Gasteiger partial charge in [0.05, 0.1) is 53.9 Å². The minimum atomic E-state index is -1.44. The molecule has 21 nitrogen and oxygen atoms in total. The Balaban J connectivity index is 1.33. The molecule has 6 rings (SSSR count). The van der Waals surface area contributed by atoms with Crippen molar-refractivity contribution in [2.75, 3.05) is 53.7 Å². The van der Waals surface area contributed by atoms with Crippen LogP contribution < -0.4 is 11.1 Å². The molecule has 21 heteroatoms. The van der Waals surface area contributed by atoms with Gasteiger partial charge in [-0.2, -0.15) is 0 Å². The normalized spacial score (nSPS) is 40.3. The summed E-state index contributed by atoms with van der Waals surface area (Å²) in [4.78, 5) is 60.4. The first kappa shape index (κ1) is 55.7. The number of esters is 1. The van der Waals surface area contributed by atoms with Gasteiger partial charge in [-0.25, -0.2) is 19.7 Å². The Labute approximate surface area is 413 Å². The first-order valence-corrected chi connectivity index (χ1v) is 25.1. The lowest BCUT2D eigenvalue weighted by Gasteiger charge is -2.50. The Hall–Kier alpha value is -3.64. The van der Waals surface area contributed by atoms with Gasteiger partial charge in [-0.15, -0.1) is 0 Å². The van der Waals surface area contributed by atoms with Crippen molar-refractivity contribution in [3.8, 4) is 0 Å². The summed E-state index contributed by atoms with van der Waals surface area (Å²) in [6, 6.07) is -1.13. The first-order chi connectivity index (χ1) is 32.9. The molecule has 2 aromatic heterocycles. The van der Waals surface area contributed by atoms with Crippen LogP contribution in [0.5, 0.6) is 0 Å². The van der Waals surface area contributed by atoms with E-state index in [1.54, 1.807) is 53.0 Å². The number of rotatable bonds is 15. The minimum Gasteiger partial charge on any atom is -0.458 e. The molecule has 4 fully saturated rings. The number of likely N-dealkylation sites (N-methyl/N-ethyl adjacent to an activating group) is 1. The van der Waals surface area contributed by atoms with Gasteiger partial charge in [0.2, 0.25) is 0 Å². The lowest BCUT2D eigenvalue weighted by molar-refractivity contribution is -0.319. The van der Waals surface area contributed by atoms with Crippen LogP contribution in [0.1, 0.15) is 101 Å². The zero-order valence-electron chi connectivity index (χ0n) is 43.8. The molecule has 2 aromatic rings. The smallest absolute Gasteiger partial charge is 0.410 e. The summed E-state index contributed by atoms with van der Waals surface area (Å²) < 4.78 is 53.5. The molecule has 4 saturated heterocycles. The Bertz CT molecular complexity index is 2100. The lowest BCUT2D eigenvalue weighted by atomic mass is 9.73. The standard InChI is InChI=1S/C49H82N8O13/c1-15-33-49(10)39(57(46(62)70-49)19-16-17-51-18-20-56-25-54-35-42(50)52-24-53-43(35)56)28(4)36(58)26(2)22-48(9,64-14)41(69-45-37(59)32(55(11)12)21-27(3)65-45)29(5)38(30(6)44(61)67-33)68-34-23-47(8,63-13)40(60)31(7)66-34/h24-34,37-41,45,51,59-60H,15-23H2,1-14H3,(H2,50,52,53)/t26-,27-,28+,29+,30-,31+,32+,33-,34+,37-,38+,39+,40+,41-,45+,47-,48-,49-/m1/s1. The molecule has 70 heavy (non-hydrogen) atoms. The SMILES string of the molecule is CC[C@H]1OC(=O)[C@H](C)[C@@H](O[C@H]2C[C@@](C)(OC)[C@@H](O)[C@H](C)O2)[C@H](C)[C@@H](O[C@@H]2O[C@H](C)C[C@H](N(C)C)[C@H]2O)[C@](C)(OC)C[C@@H](C)C(=O)[C@H](C)[C@@H]2N(CCCNCCn3cnc4c(N)ncnc43)C(=O)O[C@@]21C. The van der Waals surface area contributed by atoms with Crippen molar-refractivity contribution < 1.29 is 62.5 Å². The molecule has 396 valence electrons. The summed E-state index contributed by atoms with van der Waals surface area (Å²) in [5.41, 5.74) is 3.38. The van der Waals surface area contributed by atoms with Crippen LogP contribution in [0.2, 0.25) is 0 Å². The maximum Gasteiger partial charge on any atom is 0.410 e. The Kier molecular flexibility index (Phi) is 18.0. The van der Waals surface area contributed by atoms with Gasteiger partial charge in [0.1, 0.15) is 35.9 Å². The van der Waals surface area contributed by atoms with Gasteiger partial charge >= 0.3 is 12.1 Å². The monoisotopic (exact) mass is 991 g/mol. The number of ether oxygens (including phenoxy) is 8. The van der Waals surface area contributed by atoms with Crippen molar-refractivity contribution in [3.05, 3.63) is 12.7 Å². The molecule has 0 unspecified atom stereocenters. The number of nitrogens with two attached hydrogens (primary N) is 1. The number of hydrogen-bond acceptors (Lipinski definition) is 19. The van der Waals surface area contributed by atoms with E-state index in [1.807, 2.05) is 58.2 Å². The number of Topliss-reactive ketones (excluding diaryl/α,β-unsaturated/α-hetero) is 1. The van der Waals surface area contributed by atoms with Crippen LogP contribution in [-0.2, 0) is 54.0 Å². The number of aromatic nitrogens is 4. The third kappa shape index (κ3) is 11.3.